The standard InChI is InChI=1S/C23H22N2O3/c1-17-6-5-9-21(16-17)28-20-12-10-19(11-13-20)25-22(26)14-15-24-23(27)18-7-3-2-4-8-18/h2-13,16H,14-15H2,1H3,(H,24,27)(H,25,26). The lowest BCUT2D eigenvalue weighted by Gasteiger charge is -2.09. The molecule has 0 saturated heterocycles. The van der Waals surface area contributed by atoms with Crippen molar-refractivity contribution in [2.75, 3.05) is 11.9 Å². The Morgan fingerprint density at radius 3 is 2.32 bits per heavy atom. The molecular formula is C23H22N2O3. The number of hydrogen-bond acceptors (Lipinski definition) is 3. The summed E-state index contributed by atoms with van der Waals surface area (Å²) >= 11 is 0. The lowest BCUT2D eigenvalue weighted by molar-refractivity contribution is -0.116. The van der Waals surface area contributed by atoms with E-state index in [2.05, 4.69) is 10.6 Å². The number of anilines is 1. The van der Waals surface area contributed by atoms with E-state index in [1.165, 1.54) is 0 Å². The summed E-state index contributed by atoms with van der Waals surface area (Å²) in [6.07, 6.45) is 0.195. The second kappa shape index (κ2) is 9.37. The zero-order valence-corrected chi connectivity index (χ0v) is 15.6. The second-order valence-corrected chi connectivity index (χ2v) is 6.36. The van der Waals surface area contributed by atoms with Gasteiger partial charge in [0.2, 0.25) is 5.91 Å². The number of rotatable bonds is 7. The highest BCUT2D eigenvalue weighted by molar-refractivity contribution is 5.95. The zero-order chi connectivity index (χ0) is 19.8. The van der Waals surface area contributed by atoms with Crippen molar-refractivity contribution in [3.05, 3.63) is 90.0 Å². The Bertz CT molecular complexity index is 938. The Kier molecular flexibility index (Phi) is 6.41. The molecule has 0 radical (unpaired) electrons. The third-order valence-corrected chi connectivity index (χ3v) is 4.04. The molecule has 3 aromatic carbocycles. The fourth-order valence-electron chi connectivity index (χ4n) is 2.63. The van der Waals surface area contributed by atoms with Crippen LogP contribution in [0.3, 0.4) is 0 Å². The molecule has 0 bridgehead atoms. The molecule has 28 heavy (non-hydrogen) atoms. The number of hydrogen-bond donors (Lipinski definition) is 2. The molecule has 2 amide bonds. The molecule has 0 aliphatic carbocycles. The van der Waals surface area contributed by atoms with Gasteiger partial charge in [-0.15, -0.1) is 0 Å². The summed E-state index contributed by atoms with van der Waals surface area (Å²) in [5.74, 6) is 1.11. The van der Waals surface area contributed by atoms with Crippen LogP contribution < -0.4 is 15.4 Å². The van der Waals surface area contributed by atoms with Crippen molar-refractivity contribution >= 4 is 17.5 Å². The number of aryl methyl sites for hydroxylation is 1. The van der Waals surface area contributed by atoms with Crippen LogP contribution in [0.2, 0.25) is 0 Å². The molecule has 0 aliphatic rings. The van der Waals surface area contributed by atoms with E-state index in [1.54, 1.807) is 48.5 Å². The molecule has 2 N–H and O–H groups in total. The van der Waals surface area contributed by atoms with Gasteiger partial charge in [-0.25, -0.2) is 0 Å². The first-order chi connectivity index (χ1) is 13.6. The van der Waals surface area contributed by atoms with Crippen LogP contribution in [0.4, 0.5) is 5.69 Å². The van der Waals surface area contributed by atoms with E-state index in [1.807, 2.05) is 37.3 Å². The first-order valence-corrected chi connectivity index (χ1v) is 9.08. The van der Waals surface area contributed by atoms with Gasteiger partial charge in [-0.2, -0.15) is 0 Å². The van der Waals surface area contributed by atoms with Gasteiger partial charge >= 0.3 is 0 Å². The molecule has 0 fully saturated rings. The molecule has 0 aromatic heterocycles. The summed E-state index contributed by atoms with van der Waals surface area (Å²) < 4.78 is 5.79. The summed E-state index contributed by atoms with van der Waals surface area (Å²) in [6, 6.07) is 23.9. The van der Waals surface area contributed by atoms with Crippen LogP contribution in [0, 0.1) is 6.92 Å². The molecule has 3 aromatic rings. The Labute approximate surface area is 164 Å². The fourth-order valence-corrected chi connectivity index (χ4v) is 2.63. The molecule has 0 saturated carbocycles. The predicted molar refractivity (Wildman–Crippen MR) is 110 cm³/mol. The lowest BCUT2D eigenvalue weighted by Crippen LogP contribution is -2.27. The van der Waals surface area contributed by atoms with Crippen LogP contribution in [0.15, 0.2) is 78.9 Å². The summed E-state index contributed by atoms with van der Waals surface area (Å²) in [4.78, 5) is 24.0. The quantitative estimate of drug-likeness (QED) is 0.638. The number of carbonyl (C=O) groups excluding carboxylic acids is 2. The third kappa shape index (κ3) is 5.71. The number of nitrogens with one attached hydrogen (secondary N) is 2. The summed E-state index contributed by atoms with van der Waals surface area (Å²) in [6.45, 7) is 2.28. The van der Waals surface area contributed by atoms with Gasteiger partial charge in [0.25, 0.3) is 5.91 Å². The summed E-state index contributed by atoms with van der Waals surface area (Å²) in [5, 5.41) is 5.55. The van der Waals surface area contributed by atoms with Crippen molar-refractivity contribution in [1.82, 2.24) is 5.32 Å². The Balaban J connectivity index is 1.44. The van der Waals surface area contributed by atoms with Crippen molar-refractivity contribution in [1.29, 1.82) is 0 Å². The first-order valence-electron chi connectivity index (χ1n) is 9.08. The van der Waals surface area contributed by atoms with Crippen molar-refractivity contribution < 1.29 is 14.3 Å². The maximum Gasteiger partial charge on any atom is 0.251 e. The molecule has 0 atom stereocenters. The molecule has 5 heteroatoms. The van der Waals surface area contributed by atoms with Gasteiger partial charge < -0.3 is 15.4 Å². The molecule has 3 rings (SSSR count). The predicted octanol–water partition coefficient (Wildman–Crippen LogP) is 4.55. The van der Waals surface area contributed by atoms with Crippen LogP contribution in [0.25, 0.3) is 0 Å². The van der Waals surface area contributed by atoms with Crippen molar-refractivity contribution in [3.8, 4) is 11.5 Å². The largest absolute Gasteiger partial charge is 0.457 e. The van der Waals surface area contributed by atoms with E-state index < -0.39 is 0 Å². The van der Waals surface area contributed by atoms with Crippen LogP contribution in [-0.4, -0.2) is 18.4 Å². The van der Waals surface area contributed by atoms with Crippen LogP contribution in [0.1, 0.15) is 22.3 Å². The van der Waals surface area contributed by atoms with Crippen molar-refractivity contribution in [2.24, 2.45) is 0 Å². The second-order valence-electron chi connectivity index (χ2n) is 6.36. The molecule has 0 unspecified atom stereocenters. The van der Waals surface area contributed by atoms with Crippen LogP contribution in [0.5, 0.6) is 11.5 Å². The Morgan fingerprint density at radius 2 is 1.61 bits per heavy atom. The van der Waals surface area contributed by atoms with Gasteiger partial charge in [0, 0.05) is 24.2 Å². The normalized spacial score (nSPS) is 10.2. The van der Waals surface area contributed by atoms with E-state index in [0.717, 1.165) is 11.3 Å². The maximum absolute atomic E-state index is 12.1. The van der Waals surface area contributed by atoms with E-state index in [0.29, 0.717) is 17.0 Å². The van der Waals surface area contributed by atoms with Gasteiger partial charge in [-0.3, -0.25) is 9.59 Å². The highest BCUT2D eigenvalue weighted by Crippen LogP contribution is 2.23. The van der Waals surface area contributed by atoms with Crippen LogP contribution >= 0.6 is 0 Å². The molecule has 5 nitrogen and oxygen atoms in total. The van der Waals surface area contributed by atoms with E-state index >= 15 is 0 Å². The Hall–Kier alpha value is -3.60. The molecule has 0 spiro atoms. The first kappa shape index (κ1) is 19.2. The van der Waals surface area contributed by atoms with E-state index in [-0.39, 0.29) is 24.8 Å². The minimum Gasteiger partial charge on any atom is -0.457 e. The van der Waals surface area contributed by atoms with Gasteiger partial charge in [0.05, 0.1) is 0 Å². The molecular weight excluding hydrogens is 352 g/mol. The topological polar surface area (TPSA) is 67.4 Å². The maximum atomic E-state index is 12.1. The molecule has 142 valence electrons. The number of benzene rings is 3. The highest BCUT2D eigenvalue weighted by Gasteiger charge is 2.07. The zero-order valence-electron chi connectivity index (χ0n) is 15.6. The SMILES string of the molecule is Cc1cccc(Oc2ccc(NC(=O)CCNC(=O)c3ccccc3)cc2)c1. The van der Waals surface area contributed by atoms with Gasteiger partial charge in [0.1, 0.15) is 11.5 Å². The lowest BCUT2D eigenvalue weighted by atomic mass is 10.2. The van der Waals surface area contributed by atoms with E-state index in [4.69, 9.17) is 4.74 Å². The van der Waals surface area contributed by atoms with Gasteiger partial charge in [0.15, 0.2) is 0 Å². The highest BCUT2D eigenvalue weighted by atomic mass is 16.5. The average molecular weight is 374 g/mol. The van der Waals surface area contributed by atoms with Gasteiger partial charge in [-0.05, 0) is 61.0 Å². The smallest absolute Gasteiger partial charge is 0.251 e. The van der Waals surface area contributed by atoms with E-state index in [9.17, 15) is 9.59 Å². The van der Waals surface area contributed by atoms with Gasteiger partial charge in [-0.1, -0.05) is 30.3 Å². The van der Waals surface area contributed by atoms with Crippen molar-refractivity contribution in [2.45, 2.75) is 13.3 Å². The Morgan fingerprint density at radius 1 is 0.857 bits per heavy atom. The minimum atomic E-state index is -0.189. The van der Waals surface area contributed by atoms with Crippen LogP contribution in [-0.2, 0) is 4.79 Å². The monoisotopic (exact) mass is 374 g/mol. The third-order valence-electron chi connectivity index (χ3n) is 4.04. The minimum absolute atomic E-state index is 0.166. The average Bonchev–Trinajstić information content (AvgIpc) is 2.70. The number of carbonyl (C=O) groups is 2. The summed E-state index contributed by atoms with van der Waals surface area (Å²) in [7, 11) is 0. The number of ether oxygens (including phenoxy) is 1. The number of amides is 2. The molecule has 0 aliphatic heterocycles. The fraction of sp³-hybridized carbons (Fsp3) is 0.130. The van der Waals surface area contributed by atoms with Crippen molar-refractivity contribution in [3.63, 3.8) is 0 Å². The molecule has 0 heterocycles. The summed E-state index contributed by atoms with van der Waals surface area (Å²) in [5.41, 5.74) is 2.38.